The fraction of sp³-hybridized carbons (Fsp3) is 0.714. The molecule has 0 radical (unpaired) electrons. The van der Waals surface area contributed by atoms with Gasteiger partial charge < -0.3 is 6.58 Å². The van der Waals surface area contributed by atoms with E-state index in [0.29, 0.717) is 0 Å². The van der Waals surface area contributed by atoms with E-state index in [0.717, 1.165) is 0 Å². The third kappa shape index (κ3) is 5.38. The zero-order valence-corrected chi connectivity index (χ0v) is 6.61. The largest absolute Gasteiger partial charge is 1.00 e. The van der Waals surface area contributed by atoms with Gasteiger partial charge in [0.2, 0.25) is 0 Å². The minimum absolute atomic E-state index is 0. The topological polar surface area (TPSA) is 0 Å². The van der Waals surface area contributed by atoms with E-state index >= 15 is 0 Å². The first-order valence-corrected chi connectivity index (χ1v) is 3.00. The van der Waals surface area contributed by atoms with E-state index in [9.17, 15) is 0 Å². The van der Waals surface area contributed by atoms with Gasteiger partial charge in [-0.3, -0.25) is 5.57 Å². The Kier molecular flexibility index (Phi) is 9.86. The molecule has 1 rings (SSSR count). The first kappa shape index (κ1) is 12.6. The van der Waals surface area contributed by atoms with Crippen molar-refractivity contribution in [1.82, 2.24) is 0 Å². The van der Waals surface area contributed by atoms with Gasteiger partial charge in [-0.05, 0) is 0 Å². The Morgan fingerprint density at radius 2 is 1.33 bits per heavy atom. The maximum Gasteiger partial charge on any atom is 1.00 e. The molecule has 0 aromatic carbocycles. The third-order valence-electron chi connectivity index (χ3n) is 1.50. The number of rotatable bonds is 0. The molecule has 2 heteroatoms. The predicted octanol–water partition coefficient (Wildman–Crippen LogP) is -3.68. The van der Waals surface area contributed by atoms with Crippen molar-refractivity contribution in [2.24, 2.45) is 0 Å². The summed E-state index contributed by atoms with van der Waals surface area (Å²) >= 11 is 0. The quantitative estimate of drug-likeness (QED) is 0.222. The van der Waals surface area contributed by atoms with Gasteiger partial charge in [0.05, 0.1) is 0 Å². The van der Waals surface area contributed by atoms with Crippen molar-refractivity contribution in [3.8, 4) is 0 Å². The monoisotopic (exact) mass is 109 g/mol. The molecule has 0 heterocycles. The van der Waals surface area contributed by atoms with Crippen LogP contribution in [0.15, 0.2) is 5.57 Å². The molecule has 0 aromatic rings. The maximum atomic E-state index is 5.55. The normalized spacial score (nSPS) is 17.6. The number of allylic oxidation sites excluding steroid dienone is 1. The molecule has 0 aromatic heterocycles. The fourth-order valence-corrected chi connectivity index (χ4v) is 1.01. The molecular weight excluding hydrogens is 98.0 g/mol. The van der Waals surface area contributed by atoms with Crippen LogP contribution < -0.4 is 37.7 Å². The summed E-state index contributed by atoms with van der Waals surface area (Å²) in [4.78, 5) is 0. The Balaban J connectivity index is 0. The Morgan fingerprint density at radius 1 is 0.889 bits per heavy atom. The van der Waals surface area contributed by atoms with Crippen LogP contribution in [-0.4, -0.2) is 0 Å². The Labute approximate surface area is 81.8 Å². The van der Waals surface area contributed by atoms with Crippen molar-refractivity contribution in [3.05, 3.63) is 12.2 Å². The van der Waals surface area contributed by atoms with Crippen LogP contribution >= 0.6 is 0 Å². The number of hydrogen-bond donors (Lipinski definition) is 0. The van der Waals surface area contributed by atoms with Gasteiger partial charge in [-0.15, -0.1) is 0 Å². The summed E-state index contributed by atoms with van der Waals surface area (Å²) in [7, 11) is 0. The smallest absolute Gasteiger partial charge is 0.514 e. The van der Waals surface area contributed by atoms with Gasteiger partial charge in [-0.25, -0.2) is 0 Å². The second-order valence-corrected chi connectivity index (χ2v) is 2.22. The molecule has 1 fully saturated rings. The van der Waals surface area contributed by atoms with Gasteiger partial charge >= 0.3 is 37.7 Å². The van der Waals surface area contributed by atoms with Gasteiger partial charge in [0, 0.05) is 0 Å². The van der Waals surface area contributed by atoms with Crippen molar-refractivity contribution < 1.29 is 37.7 Å². The minimum atomic E-state index is 0. The number of hydrogen-bond acceptors (Lipinski definition) is 0. The molecule has 1 aliphatic carbocycles. The predicted molar refractivity (Wildman–Crippen MR) is 30.9 cm³/mol. The van der Waals surface area contributed by atoms with Crippen LogP contribution in [0.25, 0.3) is 0 Å². The second kappa shape index (κ2) is 7.05. The van der Waals surface area contributed by atoms with E-state index in [1.54, 1.807) is 0 Å². The molecule has 0 spiro atoms. The van der Waals surface area contributed by atoms with Gasteiger partial charge in [0.25, 0.3) is 0 Å². The summed E-state index contributed by atoms with van der Waals surface area (Å²) in [6.45, 7) is 5.55. The zero-order valence-electron chi connectivity index (χ0n) is 6.61. The van der Waals surface area contributed by atoms with Gasteiger partial charge in [0.15, 0.2) is 0 Å². The summed E-state index contributed by atoms with van der Waals surface area (Å²) in [6, 6.07) is 0. The third-order valence-corrected chi connectivity index (χ3v) is 1.50. The molecular formula is C7H11Li2+. The molecule has 40 valence electrons. The molecule has 0 aliphatic heterocycles. The summed E-state index contributed by atoms with van der Waals surface area (Å²) < 4.78 is 0. The second-order valence-electron chi connectivity index (χ2n) is 2.22. The van der Waals surface area contributed by atoms with Crippen molar-refractivity contribution in [3.63, 3.8) is 0 Å². The molecule has 0 amide bonds. The Bertz CT molecular complexity index is 71.0. The summed E-state index contributed by atoms with van der Waals surface area (Å²) in [6.07, 6.45) is 6.40. The van der Waals surface area contributed by atoms with Crippen LogP contribution in [0.2, 0.25) is 0 Å². The molecule has 0 bridgehead atoms. The van der Waals surface area contributed by atoms with Gasteiger partial charge in [0.1, 0.15) is 0 Å². The van der Waals surface area contributed by atoms with E-state index in [1.807, 2.05) is 0 Å². The molecule has 0 atom stereocenters. The molecule has 0 N–H and O–H groups in total. The SMILES string of the molecule is [CH-]=C1CCCCC1.[Li+].[Li+]. The van der Waals surface area contributed by atoms with Crippen LogP contribution in [-0.2, 0) is 0 Å². The summed E-state index contributed by atoms with van der Waals surface area (Å²) in [5, 5.41) is 0. The molecule has 1 aliphatic rings. The molecule has 0 saturated heterocycles. The van der Waals surface area contributed by atoms with Crippen LogP contribution in [0.5, 0.6) is 0 Å². The maximum absolute atomic E-state index is 5.55. The van der Waals surface area contributed by atoms with E-state index in [1.165, 1.54) is 37.7 Å². The van der Waals surface area contributed by atoms with Gasteiger partial charge in [-0.2, -0.15) is 0 Å². The van der Waals surface area contributed by atoms with E-state index in [4.69, 9.17) is 6.58 Å². The Morgan fingerprint density at radius 3 is 1.56 bits per heavy atom. The van der Waals surface area contributed by atoms with Crippen LogP contribution in [0.1, 0.15) is 32.1 Å². The van der Waals surface area contributed by atoms with Gasteiger partial charge in [-0.1, -0.05) is 32.1 Å². The molecule has 0 nitrogen and oxygen atoms in total. The van der Waals surface area contributed by atoms with Crippen molar-refractivity contribution >= 4 is 0 Å². The van der Waals surface area contributed by atoms with Crippen LogP contribution in [0.3, 0.4) is 0 Å². The summed E-state index contributed by atoms with van der Waals surface area (Å²) in [5.41, 5.74) is 1.21. The van der Waals surface area contributed by atoms with E-state index < -0.39 is 0 Å². The molecule has 9 heavy (non-hydrogen) atoms. The standard InChI is InChI=1S/C7H11.2Li/c1-7-5-3-2-4-6-7;;/h1H,2-6H2;;/q-1;2*+1. The summed E-state index contributed by atoms with van der Waals surface area (Å²) in [5.74, 6) is 0. The first-order chi connectivity index (χ1) is 3.39. The van der Waals surface area contributed by atoms with Crippen LogP contribution in [0.4, 0.5) is 0 Å². The first-order valence-electron chi connectivity index (χ1n) is 3.00. The molecule has 1 saturated carbocycles. The van der Waals surface area contributed by atoms with E-state index in [2.05, 4.69) is 0 Å². The zero-order chi connectivity index (χ0) is 5.11. The fourth-order valence-electron chi connectivity index (χ4n) is 1.01. The molecule has 0 unspecified atom stereocenters. The van der Waals surface area contributed by atoms with Crippen molar-refractivity contribution in [2.75, 3.05) is 0 Å². The van der Waals surface area contributed by atoms with Crippen molar-refractivity contribution in [1.29, 1.82) is 0 Å². The average Bonchev–Trinajstić information content (AvgIpc) is 1.69. The minimum Gasteiger partial charge on any atom is -0.514 e. The Hall–Kier alpha value is 0.935. The van der Waals surface area contributed by atoms with Crippen molar-refractivity contribution in [2.45, 2.75) is 32.1 Å². The van der Waals surface area contributed by atoms with Crippen LogP contribution in [0, 0.1) is 6.58 Å². The van der Waals surface area contributed by atoms with E-state index in [-0.39, 0.29) is 37.7 Å². The average molecular weight is 109 g/mol.